The summed E-state index contributed by atoms with van der Waals surface area (Å²) >= 11 is 0. The Balaban J connectivity index is 1.67. The summed E-state index contributed by atoms with van der Waals surface area (Å²) in [6.45, 7) is 5.60. The van der Waals surface area contributed by atoms with Gasteiger partial charge in [-0.25, -0.2) is 4.79 Å². The molecule has 0 bridgehead atoms. The van der Waals surface area contributed by atoms with Crippen LogP contribution in [0.5, 0.6) is 0 Å². The number of carbonyl (C=O) groups excluding carboxylic acids is 1. The van der Waals surface area contributed by atoms with Crippen LogP contribution in [0.25, 0.3) is 0 Å². The van der Waals surface area contributed by atoms with Crippen molar-refractivity contribution in [2.45, 2.75) is 26.4 Å². The Kier molecular flexibility index (Phi) is 4.25. The fourth-order valence-electron chi connectivity index (χ4n) is 3.62. The van der Waals surface area contributed by atoms with E-state index in [0.717, 1.165) is 29.1 Å². The van der Waals surface area contributed by atoms with Crippen molar-refractivity contribution in [1.29, 1.82) is 0 Å². The van der Waals surface area contributed by atoms with Crippen LogP contribution in [0, 0.1) is 13.8 Å². The van der Waals surface area contributed by atoms with Crippen LogP contribution in [0.4, 0.5) is 10.5 Å². The standard InChI is InChI=1S/C22H23N3O/c1-16-8-10-18(11-9-16)21-20-7-4-12-24(20)13-14-25(21)22(26)23-19-6-3-5-17(2)15-19/h3-12,15,21H,13-14H2,1-2H3,(H,23,26). The van der Waals surface area contributed by atoms with Gasteiger partial charge in [0, 0.05) is 30.7 Å². The number of hydrogen-bond acceptors (Lipinski definition) is 1. The number of benzene rings is 2. The fraction of sp³-hybridized carbons (Fsp3) is 0.227. The van der Waals surface area contributed by atoms with Crippen molar-refractivity contribution in [3.63, 3.8) is 0 Å². The molecule has 3 aromatic rings. The van der Waals surface area contributed by atoms with Gasteiger partial charge in [-0.1, -0.05) is 42.0 Å². The highest BCUT2D eigenvalue weighted by Crippen LogP contribution is 2.33. The molecule has 4 heteroatoms. The van der Waals surface area contributed by atoms with Crippen LogP contribution in [0.3, 0.4) is 0 Å². The second-order valence-electron chi connectivity index (χ2n) is 6.93. The van der Waals surface area contributed by atoms with Gasteiger partial charge in [0.1, 0.15) is 0 Å². The van der Waals surface area contributed by atoms with Crippen molar-refractivity contribution in [2.75, 3.05) is 11.9 Å². The van der Waals surface area contributed by atoms with E-state index in [1.165, 1.54) is 5.56 Å². The Morgan fingerprint density at radius 3 is 2.54 bits per heavy atom. The smallest absolute Gasteiger partial charge is 0.322 e. The van der Waals surface area contributed by atoms with Crippen molar-refractivity contribution < 1.29 is 4.79 Å². The number of anilines is 1. The highest BCUT2D eigenvalue weighted by Gasteiger charge is 2.32. The molecule has 1 unspecified atom stereocenters. The zero-order chi connectivity index (χ0) is 18.1. The number of nitrogens with one attached hydrogen (secondary N) is 1. The molecule has 4 rings (SSSR count). The van der Waals surface area contributed by atoms with Gasteiger partial charge in [-0.3, -0.25) is 0 Å². The number of aromatic nitrogens is 1. The molecule has 0 saturated heterocycles. The number of nitrogens with zero attached hydrogens (tertiary/aromatic N) is 2. The molecule has 1 aliphatic rings. The lowest BCUT2D eigenvalue weighted by Gasteiger charge is -2.37. The van der Waals surface area contributed by atoms with Gasteiger partial charge >= 0.3 is 6.03 Å². The van der Waals surface area contributed by atoms with Crippen molar-refractivity contribution in [3.8, 4) is 0 Å². The van der Waals surface area contributed by atoms with Crippen LogP contribution in [0.15, 0.2) is 66.9 Å². The monoisotopic (exact) mass is 345 g/mol. The molecule has 2 aromatic carbocycles. The highest BCUT2D eigenvalue weighted by molar-refractivity contribution is 5.90. The fourth-order valence-corrected chi connectivity index (χ4v) is 3.62. The number of carbonyl (C=O) groups is 1. The maximum atomic E-state index is 13.1. The van der Waals surface area contributed by atoms with Crippen molar-refractivity contribution >= 4 is 11.7 Å². The Bertz CT molecular complexity index is 927. The van der Waals surface area contributed by atoms with E-state index in [1.807, 2.05) is 36.1 Å². The van der Waals surface area contributed by atoms with E-state index in [0.29, 0.717) is 6.54 Å². The zero-order valence-corrected chi connectivity index (χ0v) is 15.1. The molecule has 2 amide bonds. The van der Waals surface area contributed by atoms with Crippen molar-refractivity contribution in [1.82, 2.24) is 9.47 Å². The largest absolute Gasteiger partial charge is 0.348 e. The molecule has 1 aromatic heterocycles. The molecule has 0 fully saturated rings. The lowest BCUT2D eigenvalue weighted by molar-refractivity contribution is 0.182. The molecule has 1 aliphatic heterocycles. The molecule has 0 spiro atoms. The average Bonchev–Trinajstić information content (AvgIpc) is 3.10. The Hall–Kier alpha value is -3.01. The van der Waals surface area contributed by atoms with Crippen LogP contribution in [-0.2, 0) is 6.54 Å². The molecule has 0 aliphatic carbocycles. The van der Waals surface area contributed by atoms with Crippen molar-refractivity contribution in [2.24, 2.45) is 0 Å². The third kappa shape index (κ3) is 3.10. The predicted octanol–water partition coefficient (Wildman–Crippen LogP) is 4.74. The summed E-state index contributed by atoms with van der Waals surface area (Å²) in [6, 6.07) is 20.4. The molecule has 0 radical (unpaired) electrons. The summed E-state index contributed by atoms with van der Waals surface area (Å²) in [6.07, 6.45) is 2.09. The quantitative estimate of drug-likeness (QED) is 0.715. The summed E-state index contributed by atoms with van der Waals surface area (Å²) in [7, 11) is 0. The first-order valence-corrected chi connectivity index (χ1v) is 8.98. The van der Waals surface area contributed by atoms with E-state index in [2.05, 4.69) is 59.4 Å². The molecule has 0 saturated carbocycles. The van der Waals surface area contributed by atoms with Gasteiger partial charge in [0.25, 0.3) is 0 Å². The van der Waals surface area contributed by atoms with E-state index in [4.69, 9.17) is 0 Å². The number of aryl methyl sites for hydroxylation is 2. The third-order valence-corrected chi connectivity index (χ3v) is 4.96. The van der Waals surface area contributed by atoms with Gasteiger partial charge in [-0.2, -0.15) is 0 Å². The number of rotatable bonds is 2. The molecular formula is C22H23N3O. The maximum Gasteiger partial charge on any atom is 0.322 e. The SMILES string of the molecule is Cc1ccc(C2c3cccn3CCN2C(=O)Nc2cccc(C)c2)cc1. The lowest BCUT2D eigenvalue weighted by atomic mass is 9.99. The maximum absolute atomic E-state index is 13.1. The van der Waals surface area contributed by atoms with Crippen LogP contribution in [-0.4, -0.2) is 22.0 Å². The Morgan fingerprint density at radius 1 is 0.962 bits per heavy atom. The number of amides is 2. The van der Waals surface area contributed by atoms with Gasteiger partial charge in [-0.05, 0) is 49.2 Å². The minimum Gasteiger partial charge on any atom is -0.348 e. The third-order valence-electron chi connectivity index (χ3n) is 4.96. The summed E-state index contributed by atoms with van der Waals surface area (Å²) in [5, 5.41) is 3.06. The first-order chi connectivity index (χ1) is 12.6. The minimum atomic E-state index is -0.0795. The summed E-state index contributed by atoms with van der Waals surface area (Å²) in [4.78, 5) is 15.0. The van der Waals surface area contributed by atoms with Gasteiger partial charge in [0.15, 0.2) is 0 Å². The Labute approximate surface area is 154 Å². The molecule has 132 valence electrons. The summed E-state index contributed by atoms with van der Waals surface area (Å²) in [5.41, 5.74) is 5.47. The topological polar surface area (TPSA) is 37.3 Å². The Morgan fingerprint density at radius 2 is 1.77 bits per heavy atom. The zero-order valence-electron chi connectivity index (χ0n) is 15.1. The number of urea groups is 1. The van der Waals surface area contributed by atoms with Crippen molar-refractivity contribution in [3.05, 3.63) is 89.2 Å². The first-order valence-electron chi connectivity index (χ1n) is 8.98. The molecule has 26 heavy (non-hydrogen) atoms. The molecular weight excluding hydrogens is 322 g/mol. The first kappa shape index (κ1) is 16.5. The predicted molar refractivity (Wildman–Crippen MR) is 104 cm³/mol. The minimum absolute atomic E-state index is 0.0615. The van der Waals surface area contributed by atoms with Gasteiger partial charge in [-0.15, -0.1) is 0 Å². The molecule has 1 N–H and O–H groups in total. The normalized spacial score (nSPS) is 16.2. The second-order valence-corrected chi connectivity index (χ2v) is 6.93. The van der Waals surface area contributed by atoms with E-state index in [-0.39, 0.29) is 12.1 Å². The van der Waals surface area contributed by atoms with Gasteiger partial charge in [0.05, 0.1) is 6.04 Å². The number of hydrogen-bond donors (Lipinski definition) is 1. The van der Waals surface area contributed by atoms with E-state index < -0.39 is 0 Å². The summed E-state index contributed by atoms with van der Waals surface area (Å²) in [5.74, 6) is 0. The van der Waals surface area contributed by atoms with Crippen LogP contribution in [0.1, 0.15) is 28.4 Å². The summed E-state index contributed by atoms with van der Waals surface area (Å²) < 4.78 is 2.24. The molecule has 1 atom stereocenters. The molecule has 2 heterocycles. The van der Waals surface area contributed by atoms with E-state index in [9.17, 15) is 4.79 Å². The van der Waals surface area contributed by atoms with Crippen LogP contribution in [0.2, 0.25) is 0 Å². The van der Waals surface area contributed by atoms with Gasteiger partial charge in [0.2, 0.25) is 0 Å². The molecule has 4 nitrogen and oxygen atoms in total. The average molecular weight is 345 g/mol. The lowest BCUT2D eigenvalue weighted by Crippen LogP contribution is -2.44. The number of fused-ring (bicyclic) bond motifs is 1. The van der Waals surface area contributed by atoms with Gasteiger partial charge < -0.3 is 14.8 Å². The van der Waals surface area contributed by atoms with E-state index >= 15 is 0 Å². The second kappa shape index (κ2) is 6.71. The van der Waals surface area contributed by atoms with Crippen LogP contribution >= 0.6 is 0 Å². The van der Waals surface area contributed by atoms with Crippen LogP contribution < -0.4 is 5.32 Å². The van der Waals surface area contributed by atoms with E-state index in [1.54, 1.807) is 0 Å². The highest BCUT2D eigenvalue weighted by atomic mass is 16.2.